The van der Waals surface area contributed by atoms with E-state index in [1.54, 1.807) is 11.8 Å². The lowest BCUT2D eigenvalue weighted by Gasteiger charge is -2.32. The number of nitrogens with zero attached hydrogens (tertiary/aromatic N) is 1. The molecule has 5 heteroatoms. The second-order valence-electron chi connectivity index (χ2n) is 5.08. The number of aliphatic hydroxyl groups is 3. The average Bonchev–Trinajstić information content (AvgIpc) is 2.61. The van der Waals surface area contributed by atoms with Crippen molar-refractivity contribution in [2.24, 2.45) is 0 Å². The molecule has 0 saturated carbocycles. The van der Waals surface area contributed by atoms with Crippen LogP contribution in [0.5, 0.6) is 0 Å². The number of hydrogen-bond acceptors (Lipinski definition) is 5. The summed E-state index contributed by atoms with van der Waals surface area (Å²) in [6.45, 7) is 2.35. The number of rotatable bonds is 5. The van der Waals surface area contributed by atoms with Gasteiger partial charge in [-0.25, -0.2) is 4.90 Å². The molecule has 0 radical (unpaired) electrons. The first-order chi connectivity index (χ1) is 9.04. The SMILES string of the molecule is C[C@@]1(O)C[C@@H](SCCO)C(O)N1Cc1ccccc1. The molecule has 1 unspecified atom stereocenters. The van der Waals surface area contributed by atoms with Gasteiger partial charge in [-0.15, -0.1) is 0 Å². The smallest absolute Gasteiger partial charge is 0.122 e. The predicted octanol–water partition coefficient (Wildman–Crippen LogP) is 1.01. The fraction of sp³-hybridized carbons (Fsp3) is 0.571. The molecule has 0 aromatic heterocycles. The quantitative estimate of drug-likeness (QED) is 0.753. The Balaban J connectivity index is 2.06. The van der Waals surface area contributed by atoms with E-state index in [0.717, 1.165) is 5.56 Å². The van der Waals surface area contributed by atoms with E-state index in [-0.39, 0.29) is 11.9 Å². The Kier molecular flexibility index (Phi) is 4.86. The minimum Gasteiger partial charge on any atom is -0.396 e. The summed E-state index contributed by atoms with van der Waals surface area (Å²) in [6, 6.07) is 9.81. The maximum absolute atomic E-state index is 10.4. The van der Waals surface area contributed by atoms with E-state index < -0.39 is 12.0 Å². The van der Waals surface area contributed by atoms with Crippen LogP contribution < -0.4 is 0 Å². The summed E-state index contributed by atoms with van der Waals surface area (Å²) in [6.07, 6.45) is -0.183. The van der Waals surface area contributed by atoms with Gasteiger partial charge in [0.25, 0.3) is 0 Å². The summed E-state index contributed by atoms with van der Waals surface area (Å²) in [7, 11) is 0. The van der Waals surface area contributed by atoms with Crippen LogP contribution in [0.25, 0.3) is 0 Å². The van der Waals surface area contributed by atoms with Crippen LogP contribution in [0.4, 0.5) is 0 Å². The Labute approximate surface area is 118 Å². The largest absolute Gasteiger partial charge is 0.396 e. The molecule has 106 valence electrons. The van der Waals surface area contributed by atoms with Gasteiger partial charge >= 0.3 is 0 Å². The van der Waals surface area contributed by atoms with Crippen LogP contribution in [0.2, 0.25) is 0 Å². The Bertz CT molecular complexity index is 399. The van der Waals surface area contributed by atoms with Crippen LogP contribution >= 0.6 is 11.8 Å². The lowest BCUT2D eigenvalue weighted by Crippen LogP contribution is -2.45. The summed E-state index contributed by atoms with van der Waals surface area (Å²) in [5.74, 6) is 0.580. The maximum Gasteiger partial charge on any atom is 0.122 e. The summed E-state index contributed by atoms with van der Waals surface area (Å²) >= 11 is 1.51. The van der Waals surface area contributed by atoms with Crippen molar-refractivity contribution in [3.8, 4) is 0 Å². The molecule has 1 aromatic rings. The number of aliphatic hydroxyl groups excluding tert-OH is 2. The zero-order valence-corrected chi connectivity index (χ0v) is 11.9. The van der Waals surface area contributed by atoms with Crippen LogP contribution in [0.3, 0.4) is 0 Å². The molecule has 1 saturated heterocycles. The molecule has 3 N–H and O–H groups in total. The van der Waals surface area contributed by atoms with Gasteiger partial charge in [0.1, 0.15) is 12.0 Å². The molecular weight excluding hydrogens is 262 g/mol. The molecule has 19 heavy (non-hydrogen) atoms. The van der Waals surface area contributed by atoms with Gasteiger partial charge in [0.15, 0.2) is 0 Å². The van der Waals surface area contributed by atoms with Gasteiger partial charge in [-0.2, -0.15) is 11.8 Å². The molecular formula is C14H21NO3S. The summed E-state index contributed by atoms with van der Waals surface area (Å²) < 4.78 is 0. The molecule has 4 nitrogen and oxygen atoms in total. The standard InChI is InChI=1S/C14H21NO3S/c1-14(18)9-12(19-8-7-16)13(17)15(14)10-11-5-3-2-4-6-11/h2-6,12-13,16-18H,7-10H2,1H3/t12-,13?,14-/m1/s1. The summed E-state index contributed by atoms with van der Waals surface area (Å²) in [5.41, 5.74) is 0.0529. The van der Waals surface area contributed by atoms with Crippen molar-refractivity contribution in [2.45, 2.75) is 37.1 Å². The molecule has 1 aliphatic rings. The number of benzene rings is 1. The first-order valence-electron chi connectivity index (χ1n) is 6.48. The minimum absolute atomic E-state index is 0.0640. The summed E-state index contributed by atoms with van der Waals surface area (Å²) in [4.78, 5) is 1.72. The van der Waals surface area contributed by atoms with Gasteiger partial charge in [0, 0.05) is 24.0 Å². The molecule has 2 rings (SSSR count). The van der Waals surface area contributed by atoms with Crippen LogP contribution in [-0.2, 0) is 6.54 Å². The van der Waals surface area contributed by atoms with Gasteiger partial charge in [0.2, 0.25) is 0 Å². The topological polar surface area (TPSA) is 63.9 Å². The van der Waals surface area contributed by atoms with E-state index in [4.69, 9.17) is 5.11 Å². The van der Waals surface area contributed by atoms with Gasteiger partial charge < -0.3 is 15.3 Å². The number of thioether (sulfide) groups is 1. The second-order valence-corrected chi connectivity index (χ2v) is 6.43. The maximum atomic E-state index is 10.4. The molecule has 1 heterocycles. The fourth-order valence-electron chi connectivity index (χ4n) is 2.48. The third kappa shape index (κ3) is 3.49. The Morgan fingerprint density at radius 2 is 2.05 bits per heavy atom. The second kappa shape index (κ2) is 6.24. The number of hydrogen-bond donors (Lipinski definition) is 3. The number of likely N-dealkylation sites (tertiary alicyclic amines) is 1. The molecule has 0 aliphatic carbocycles. The van der Waals surface area contributed by atoms with E-state index in [9.17, 15) is 10.2 Å². The molecule has 1 fully saturated rings. The highest BCUT2D eigenvalue weighted by Gasteiger charge is 2.47. The highest BCUT2D eigenvalue weighted by Crippen LogP contribution is 2.38. The van der Waals surface area contributed by atoms with E-state index >= 15 is 0 Å². The minimum atomic E-state index is -1.01. The molecule has 0 bridgehead atoms. The van der Waals surface area contributed by atoms with Crippen LogP contribution in [-0.4, -0.2) is 49.8 Å². The zero-order valence-electron chi connectivity index (χ0n) is 11.1. The third-order valence-electron chi connectivity index (χ3n) is 3.48. The molecule has 0 spiro atoms. The van der Waals surface area contributed by atoms with Crippen LogP contribution in [0, 0.1) is 0 Å². The van der Waals surface area contributed by atoms with Gasteiger partial charge in [-0.05, 0) is 12.5 Å². The highest BCUT2D eigenvalue weighted by atomic mass is 32.2. The highest BCUT2D eigenvalue weighted by molar-refractivity contribution is 8.00. The van der Waals surface area contributed by atoms with Crippen molar-refractivity contribution in [2.75, 3.05) is 12.4 Å². The van der Waals surface area contributed by atoms with Crippen molar-refractivity contribution in [3.63, 3.8) is 0 Å². The Morgan fingerprint density at radius 3 is 2.68 bits per heavy atom. The van der Waals surface area contributed by atoms with Crippen molar-refractivity contribution < 1.29 is 15.3 Å². The third-order valence-corrected chi connectivity index (χ3v) is 4.73. The lowest BCUT2D eigenvalue weighted by atomic mass is 10.1. The van der Waals surface area contributed by atoms with Crippen molar-refractivity contribution in [1.29, 1.82) is 0 Å². The monoisotopic (exact) mass is 283 g/mol. The van der Waals surface area contributed by atoms with Gasteiger partial charge in [-0.3, -0.25) is 0 Å². The summed E-state index contributed by atoms with van der Waals surface area (Å²) in [5, 5.41) is 29.6. The lowest BCUT2D eigenvalue weighted by molar-refractivity contribution is -0.125. The van der Waals surface area contributed by atoms with E-state index in [1.807, 2.05) is 30.3 Å². The Hall–Kier alpha value is -0.590. The van der Waals surface area contributed by atoms with Crippen molar-refractivity contribution >= 4 is 11.8 Å². The molecule has 1 aromatic carbocycles. The van der Waals surface area contributed by atoms with E-state index in [2.05, 4.69) is 0 Å². The predicted molar refractivity (Wildman–Crippen MR) is 76.6 cm³/mol. The van der Waals surface area contributed by atoms with Gasteiger partial charge in [0.05, 0.1) is 6.61 Å². The first-order valence-corrected chi connectivity index (χ1v) is 7.53. The van der Waals surface area contributed by atoms with E-state index in [0.29, 0.717) is 18.7 Å². The average molecular weight is 283 g/mol. The van der Waals surface area contributed by atoms with Crippen molar-refractivity contribution in [1.82, 2.24) is 4.90 Å². The zero-order chi connectivity index (χ0) is 13.9. The first kappa shape index (κ1) is 14.8. The van der Waals surface area contributed by atoms with E-state index in [1.165, 1.54) is 11.8 Å². The van der Waals surface area contributed by atoms with Crippen LogP contribution in [0.15, 0.2) is 30.3 Å². The Morgan fingerprint density at radius 1 is 1.37 bits per heavy atom. The molecule has 0 amide bonds. The molecule has 1 aliphatic heterocycles. The van der Waals surface area contributed by atoms with Crippen LogP contribution in [0.1, 0.15) is 18.9 Å². The fourth-order valence-corrected chi connectivity index (χ4v) is 3.64. The molecule has 3 atom stereocenters. The van der Waals surface area contributed by atoms with Gasteiger partial charge in [-0.1, -0.05) is 30.3 Å². The normalized spacial score (nSPS) is 31.8. The van der Waals surface area contributed by atoms with Crippen molar-refractivity contribution in [3.05, 3.63) is 35.9 Å².